The highest BCUT2D eigenvalue weighted by Crippen LogP contribution is 2.29. The van der Waals surface area contributed by atoms with E-state index in [0.29, 0.717) is 29.0 Å². The molecule has 0 radical (unpaired) electrons. The predicted molar refractivity (Wildman–Crippen MR) is 154 cm³/mol. The zero-order valence-corrected chi connectivity index (χ0v) is 23.8. The van der Waals surface area contributed by atoms with E-state index in [4.69, 9.17) is 4.98 Å². The van der Waals surface area contributed by atoms with E-state index in [1.165, 1.54) is 4.31 Å². The molecule has 0 bridgehead atoms. The maximum Gasteiger partial charge on any atom is 0.266 e. The lowest BCUT2D eigenvalue weighted by Gasteiger charge is -2.30. The Bertz CT molecular complexity index is 1590. The SMILES string of the molecule is CCCCCCN(C(C)c1nc2ccccc2c(=O)n1-c1ccc(C)c(C)c1)S(=O)(=O)c1ccc(C)cc1. The molecule has 0 fully saturated rings. The largest absolute Gasteiger partial charge is 0.268 e. The van der Waals surface area contributed by atoms with Gasteiger partial charge in [0, 0.05) is 6.54 Å². The number of nitrogens with zero attached hydrogens (tertiary/aromatic N) is 3. The van der Waals surface area contributed by atoms with E-state index in [0.717, 1.165) is 42.4 Å². The molecule has 0 spiro atoms. The highest BCUT2D eigenvalue weighted by molar-refractivity contribution is 7.89. The first kappa shape index (κ1) is 27.7. The minimum absolute atomic E-state index is 0.209. The fourth-order valence-corrected chi connectivity index (χ4v) is 6.37. The maximum atomic E-state index is 14.0. The Morgan fingerprint density at radius 1 is 0.895 bits per heavy atom. The first-order valence-electron chi connectivity index (χ1n) is 13.3. The average Bonchev–Trinajstić information content (AvgIpc) is 2.90. The van der Waals surface area contributed by atoms with Crippen LogP contribution in [0.1, 0.15) is 68.1 Å². The third kappa shape index (κ3) is 5.59. The first-order valence-corrected chi connectivity index (χ1v) is 14.8. The van der Waals surface area contributed by atoms with Crippen LogP contribution in [0.3, 0.4) is 0 Å². The Labute approximate surface area is 226 Å². The van der Waals surface area contributed by atoms with Crippen LogP contribution in [0.4, 0.5) is 0 Å². The number of rotatable bonds is 10. The van der Waals surface area contributed by atoms with Crippen LogP contribution in [0.2, 0.25) is 0 Å². The number of fused-ring (bicyclic) bond motifs is 1. The average molecular weight is 532 g/mol. The molecule has 0 aliphatic carbocycles. The van der Waals surface area contributed by atoms with Crippen molar-refractivity contribution < 1.29 is 8.42 Å². The van der Waals surface area contributed by atoms with Gasteiger partial charge in [-0.2, -0.15) is 4.31 Å². The number of sulfonamides is 1. The predicted octanol–water partition coefficient (Wildman–Crippen LogP) is 6.64. The molecular formula is C31H37N3O3S. The molecule has 1 atom stereocenters. The van der Waals surface area contributed by atoms with Crippen molar-refractivity contribution in [1.29, 1.82) is 0 Å². The monoisotopic (exact) mass is 531 g/mol. The first-order chi connectivity index (χ1) is 18.1. The summed E-state index contributed by atoms with van der Waals surface area (Å²) in [7, 11) is -3.85. The fraction of sp³-hybridized carbons (Fsp3) is 0.355. The van der Waals surface area contributed by atoms with E-state index in [1.54, 1.807) is 28.8 Å². The second kappa shape index (κ2) is 11.6. The summed E-state index contributed by atoms with van der Waals surface area (Å²) >= 11 is 0. The molecular weight excluding hydrogens is 494 g/mol. The van der Waals surface area contributed by atoms with E-state index in [2.05, 4.69) is 6.92 Å². The molecule has 7 heteroatoms. The Kier molecular flexibility index (Phi) is 8.48. The second-order valence-electron chi connectivity index (χ2n) is 10.1. The van der Waals surface area contributed by atoms with Crippen LogP contribution in [0.15, 0.2) is 76.4 Å². The lowest BCUT2D eigenvalue weighted by Crippen LogP contribution is -2.38. The van der Waals surface area contributed by atoms with Crippen molar-refractivity contribution in [2.24, 2.45) is 0 Å². The van der Waals surface area contributed by atoms with E-state index in [-0.39, 0.29) is 10.5 Å². The fourth-order valence-electron chi connectivity index (χ4n) is 4.74. The number of hydrogen-bond acceptors (Lipinski definition) is 4. The Morgan fingerprint density at radius 3 is 2.29 bits per heavy atom. The second-order valence-corrected chi connectivity index (χ2v) is 12.0. The third-order valence-corrected chi connectivity index (χ3v) is 9.20. The Balaban J connectivity index is 1.92. The van der Waals surface area contributed by atoms with Crippen molar-refractivity contribution in [2.45, 2.75) is 71.2 Å². The molecule has 1 heterocycles. The third-order valence-electron chi connectivity index (χ3n) is 7.22. The summed E-state index contributed by atoms with van der Waals surface area (Å²) in [6.07, 6.45) is 3.75. The van der Waals surface area contributed by atoms with Crippen LogP contribution < -0.4 is 5.56 Å². The van der Waals surface area contributed by atoms with Crippen molar-refractivity contribution >= 4 is 20.9 Å². The molecule has 3 aromatic carbocycles. The van der Waals surface area contributed by atoms with Gasteiger partial charge in [0.25, 0.3) is 5.56 Å². The van der Waals surface area contributed by atoms with E-state index < -0.39 is 16.1 Å². The molecule has 1 unspecified atom stereocenters. The molecule has 4 rings (SSSR count). The normalized spacial score (nSPS) is 12.8. The summed E-state index contributed by atoms with van der Waals surface area (Å²) in [4.78, 5) is 19.0. The van der Waals surface area contributed by atoms with Gasteiger partial charge in [-0.25, -0.2) is 13.4 Å². The summed E-state index contributed by atoms with van der Waals surface area (Å²) < 4.78 is 31.2. The maximum absolute atomic E-state index is 14.0. The Hall–Kier alpha value is -3.29. The van der Waals surface area contributed by atoms with Gasteiger partial charge >= 0.3 is 0 Å². The lowest BCUT2D eigenvalue weighted by atomic mass is 10.1. The zero-order valence-electron chi connectivity index (χ0n) is 22.9. The molecule has 4 aromatic rings. The smallest absolute Gasteiger partial charge is 0.266 e. The van der Waals surface area contributed by atoms with E-state index >= 15 is 0 Å². The van der Waals surface area contributed by atoms with Crippen molar-refractivity contribution in [1.82, 2.24) is 13.9 Å². The van der Waals surface area contributed by atoms with Gasteiger partial charge in [-0.15, -0.1) is 0 Å². The van der Waals surface area contributed by atoms with Gasteiger partial charge in [0.2, 0.25) is 10.0 Å². The highest BCUT2D eigenvalue weighted by atomic mass is 32.2. The minimum Gasteiger partial charge on any atom is -0.268 e. The topological polar surface area (TPSA) is 72.3 Å². The molecule has 1 aromatic heterocycles. The lowest BCUT2D eigenvalue weighted by molar-refractivity contribution is 0.319. The molecule has 0 aliphatic heterocycles. The van der Waals surface area contributed by atoms with Crippen LogP contribution in [0, 0.1) is 20.8 Å². The molecule has 0 saturated heterocycles. The molecule has 200 valence electrons. The van der Waals surface area contributed by atoms with Crippen LogP contribution in [-0.2, 0) is 10.0 Å². The molecule has 38 heavy (non-hydrogen) atoms. The van der Waals surface area contributed by atoms with Crippen molar-refractivity contribution in [2.75, 3.05) is 6.54 Å². The van der Waals surface area contributed by atoms with Crippen LogP contribution in [-0.4, -0.2) is 28.8 Å². The van der Waals surface area contributed by atoms with Gasteiger partial charge in [-0.05, 0) is 81.6 Å². The quantitative estimate of drug-likeness (QED) is 0.215. The number of aryl methyl sites for hydroxylation is 3. The molecule has 0 aliphatic rings. The number of benzene rings is 3. The van der Waals surface area contributed by atoms with Crippen LogP contribution >= 0.6 is 0 Å². The van der Waals surface area contributed by atoms with Gasteiger partial charge in [-0.3, -0.25) is 9.36 Å². The summed E-state index contributed by atoms with van der Waals surface area (Å²) in [5.41, 5.74) is 4.18. The van der Waals surface area contributed by atoms with E-state index in [9.17, 15) is 13.2 Å². The number of hydrogen-bond donors (Lipinski definition) is 0. The van der Waals surface area contributed by atoms with Gasteiger partial charge in [0.1, 0.15) is 5.82 Å². The number of unbranched alkanes of at least 4 members (excludes halogenated alkanes) is 3. The van der Waals surface area contributed by atoms with Crippen LogP contribution in [0.25, 0.3) is 16.6 Å². The Morgan fingerprint density at radius 2 is 1.61 bits per heavy atom. The summed E-state index contributed by atoms with van der Waals surface area (Å²) in [6, 6.07) is 19.3. The van der Waals surface area contributed by atoms with E-state index in [1.807, 2.05) is 70.2 Å². The molecule has 0 N–H and O–H groups in total. The number of para-hydroxylation sites is 1. The summed E-state index contributed by atoms with van der Waals surface area (Å²) in [5, 5.41) is 0.498. The highest BCUT2D eigenvalue weighted by Gasteiger charge is 2.33. The van der Waals surface area contributed by atoms with Crippen molar-refractivity contribution in [3.05, 3.63) is 99.6 Å². The molecule has 0 amide bonds. The standard InChI is InChI=1S/C31H37N3O3S/c1-6-7-8-11-20-33(38(36,37)27-18-14-22(2)15-19-27)25(5)30-32-29-13-10-9-12-28(29)31(35)34(30)26-17-16-23(3)24(4)21-26/h9-10,12-19,21,25H,6-8,11,20H2,1-5H3. The zero-order chi connectivity index (χ0) is 27.4. The minimum atomic E-state index is -3.85. The summed E-state index contributed by atoms with van der Waals surface area (Å²) in [5.74, 6) is 0.406. The molecule has 0 saturated carbocycles. The number of aromatic nitrogens is 2. The van der Waals surface area contributed by atoms with Crippen molar-refractivity contribution in [3.63, 3.8) is 0 Å². The summed E-state index contributed by atoms with van der Waals surface area (Å²) in [6.45, 7) is 10.3. The van der Waals surface area contributed by atoms with Gasteiger partial charge in [0.15, 0.2) is 0 Å². The van der Waals surface area contributed by atoms with Crippen molar-refractivity contribution in [3.8, 4) is 5.69 Å². The van der Waals surface area contributed by atoms with Gasteiger partial charge in [0.05, 0.1) is 27.5 Å². The van der Waals surface area contributed by atoms with Gasteiger partial charge < -0.3 is 0 Å². The van der Waals surface area contributed by atoms with Gasteiger partial charge in [-0.1, -0.05) is 62.1 Å². The van der Waals surface area contributed by atoms with Crippen LogP contribution in [0.5, 0.6) is 0 Å². The molecule has 6 nitrogen and oxygen atoms in total.